The summed E-state index contributed by atoms with van der Waals surface area (Å²) in [6.45, 7) is 1.72. The number of aromatic nitrogens is 2. The number of imidazole rings is 1. The van der Waals surface area contributed by atoms with Crippen molar-refractivity contribution < 1.29 is 17.6 Å². The lowest BCUT2D eigenvalue weighted by molar-refractivity contribution is 0.0940. The smallest absolute Gasteiger partial charge is 0.252 e. The van der Waals surface area contributed by atoms with Crippen LogP contribution >= 0.6 is 0 Å². The summed E-state index contributed by atoms with van der Waals surface area (Å²) in [5, 5.41) is 2.86. The number of halogens is 1. The van der Waals surface area contributed by atoms with Crippen LogP contribution in [0.25, 0.3) is 0 Å². The maximum Gasteiger partial charge on any atom is 0.252 e. The van der Waals surface area contributed by atoms with Gasteiger partial charge in [-0.3, -0.25) is 4.79 Å². The number of hydrogen-bond donors (Lipinski definition) is 1. The highest BCUT2D eigenvalue weighted by molar-refractivity contribution is 7.90. The molecular weight excluding hydrogens is 381 g/mol. The highest BCUT2D eigenvalue weighted by atomic mass is 32.2. The Morgan fingerprint density at radius 1 is 1.21 bits per heavy atom. The Hall–Kier alpha value is -3.00. The largest absolute Gasteiger partial charge is 0.338 e. The fourth-order valence-corrected chi connectivity index (χ4v) is 3.57. The third-order valence-corrected chi connectivity index (χ3v) is 5.57. The monoisotopic (exact) mass is 401 g/mol. The molecule has 8 heteroatoms. The third kappa shape index (κ3) is 4.12. The number of sulfone groups is 1. The van der Waals surface area contributed by atoms with Crippen LogP contribution < -0.4 is 5.32 Å². The van der Waals surface area contributed by atoms with Gasteiger partial charge in [0.25, 0.3) is 5.91 Å². The lowest BCUT2D eigenvalue weighted by Crippen LogP contribution is -2.31. The van der Waals surface area contributed by atoms with Crippen LogP contribution in [-0.2, 0) is 16.9 Å². The van der Waals surface area contributed by atoms with Crippen LogP contribution in [0.5, 0.6) is 0 Å². The van der Waals surface area contributed by atoms with Gasteiger partial charge < -0.3 is 9.88 Å². The number of hydrogen-bond acceptors (Lipinski definition) is 4. The van der Waals surface area contributed by atoms with Crippen LogP contribution in [0, 0.1) is 12.7 Å². The zero-order valence-corrected chi connectivity index (χ0v) is 16.5. The predicted molar refractivity (Wildman–Crippen MR) is 103 cm³/mol. The van der Waals surface area contributed by atoms with Gasteiger partial charge in [-0.1, -0.05) is 18.2 Å². The van der Waals surface area contributed by atoms with Gasteiger partial charge in [0.05, 0.1) is 4.90 Å². The molecule has 6 nitrogen and oxygen atoms in total. The van der Waals surface area contributed by atoms with Crippen molar-refractivity contribution in [1.29, 1.82) is 0 Å². The minimum absolute atomic E-state index is 0.0579. The van der Waals surface area contributed by atoms with E-state index in [4.69, 9.17) is 0 Å². The van der Waals surface area contributed by atoms with Gasteiger partial charge in [0, 0.05) is 31.3 Å². The predicted octanol–water partition coefficient (Wildman–Crippen LogP) is 2.79. The van der Waals surface area contributed by atoms with Crippen molar-refractivity contribution in [3.63, 3.8) is 0 Å². The minimum atomic E-state index is -3.46. The lowest BCUT2D eigenvalue weighted by Gasteiger charge is -2.20. The first-order chi connectivity index (χ1) is 13.2. The third-order valence-electron chi connectivity index (χ3n) is 4.46. The van der Waals surface area contributed by atoms with Gasteiger partial charge >= 0.3 is 0 Å². The summed E-state index contributed by atoms with van der Waals surface area (Å²) in [7, 11) is -1.68. The molecule has 1 N–H and O–H groups in total. The second-order valence-corrected chi connectivity index (χ2v) is 8.62. The number of nitrogens with one attached hydrogen (secondary N) is 1. The summed E-state index contributed by atoms with van der Waals surface area (Å²) in [5.74, 6) is -0.377. The number of amides is 1. The van der Waals surface area contributed by atoms with E-state index >= 15 is 0 Å². The van der Waals surface area contributed by atoms with E-state index in [1.165, 1.54) is 24.3 Å². The Morgan fingerprint density at radius 2 is 1.96 bits per heavy atom. The van der Waals surface area contributed by atoms with Crippen molar-refractivity contribution in [2.24, 2.45) is 7.05 Å². The highest BCUT2D eigenvalue weighted by Crippen LogP contribution is 2.23. The molecule has 0 fully saturated rings. The van der Waals surface area contributed by atoms with Gasteiger partial charge in [0.1, 0.15) is 17.7 Å². The van der Waals surface area contributed by atoms with Crippen LogP contribution in [0.1, 0.15) is 33.4 Å². The molecule has 1 unspecified atom stereocenters. The van der Waals surface area contributed by atoms with Crippen LogP contribution in [0.3, 0.4) is 0 Å². The molecule has 1 amide bonds. The first kappa shape index (κ1) is 19.8. The number of carbonyl (C=O) groups excluding carboxylic acids is 1. The fourth-order valence-electron chi connectivity index (χ4n) is 2.92. The van der Waals surface area contributed by atoms with E-state index in [0.29, 0.717) is 17.0 Å². The van der Waals surface area contributed by atoms with E-state index in [1.54, 1.807) is 49.1 Å². The number of rotatable bonds is 5. The molecule has 28 heavy (non-hydrogen) atoms. The number of aryl methyl sites for hydroxylation is 2. The van der Waals surface area contributed by atoms with Gasteiger partial charge in [-0.25, -0.2) is 17.8 Å². The van der Waals surface area contributed by atoms with Crippen LogP contribution in [0.2, 0.25) is 0 Å². The van der Waals surface area contributed by atoms with Crippen molar-refractivity contribution in [1.82, 2.24) is 14.9 Å². The van der Waals surface area contributed by atoms with E-state index in [9.17, 15) is 17.6 Å². The van der Waals surface area contributed by atoms with Gasteiger partial charge in [-0.15, -0.1) is 0 Å². The molecule has 1 heterocycles. The average Bonchev–Trinajstić information content (AvgIpc) is 3.04. The summed E-state index contributed by atoms with van der Waals surface area (Å²) in [4.78, 5) is 17.3. The lowest BCUT2D eigenvalue weighted by atomic mass is 10.0. The van der Waals surface area contributed by atoms with E-state index in [0.717, 1.165) is 6.26 Å². The standard InChI is InChI=1S/C20H20FN3O3S/c1-13-7-8-16(28(3,26)27)12-17(13)20(25)23-18(19-22-9-10-24(19)2)14-5-4-6-15(21)11-14/h4-12,18H,1-3H3,(H,23,25). The zero-order valence-electron chi connectivity index (χ0n) is 15.7. The van der Waals surface area contributed by atoms with Crippen LogP contribution in [0.4, 0.5) is 4.39 Å². The Balaban J connectivity index is 2.02. The summed E-state index contributed by atoms with van der Waals surface area (Å²) in [6, 6.07) is 9.60. The molecule has 0 spiro atoms. The fraction of sp³-hybridized carbons (Fsp3) is 0.200. The summed E-state index contributed by atoms with van der Waals surface area (Å²) in [6.07, 6.45) is 4.40. The Labute approximate surface area is 163 Å². The molecule has 146 valence electrons. The normalized spacial score (nSPS) is 12.6. The first-order valence-corrected chi connectivity index (χ1v) is 10.4. The molecule has 0 saturated carbocycles. The topological polar surface area (TPSA) is 81.1 Å². The quantitative estimate of drug-likeness (QED) is 0.713. The minimum Gasteiger partial charge on any atom is -0.338 e. The summed E-state index contributed by atoms with van der Waals surface area (Å²) in [5.41, 5.74) is 1.39. The molecule has 0 aliphatic rings. The molecule has 1 atom stereocenters. The number of benzene rings is 2. The maximum atomic E-state index is 13.8. The second kappa shape index (κ2) is 7.55. The highest BCUT2D eigenvalue weighted by Gasteiger charge is 2.23. The van der Waals surface area contributed by atoms with Crippen LogP contribution in [0.15, 0.2) is 59.8 Å². The van der Waals surface area contributed by atoms with Crippen molar-refractivity contribution in [3.05, 3.63) is 83.2 Å². The molecular formula is C20H20FN3O3S. The average molecular weight is 401 g/mol. The Kier molecular flexibility index (Phi) is 5.33. The first-order valence-electron chi connectivity index (χ1n) is 8.51. The van der Waals surface area contributed by atoms with Crippen molar-refractivity contribution >= 4 is 15.7 Å². The van der Waals surface area contributed by atoms with E-state index in [1.807, 2.05) is 0 Å². The molecule has 0 aliphatic heterocycles. The van der Waals surface area contributed by atoms with Crippen molar-refractivity contribution in [2.45, 2.75) is 17.9 Å². The maximum absolute atomic E-state index is 13.8. The van der Waals surface area contributed by atoms with Gasteiger partial charge in [-0.2, -0.15) is 0 Å². The molecule has 0 bridgehead atoms. The molecule has 0 aliphatic carbocycles. The zero-order chi connectivity index (χ0) is 20.5. The second-order valence-electron chi connectivity index (χ2n) is 6.61. The van der Waals surface area contributed by atoms with Gasteiger partial charge in [0.2, 0.25) is 0 Å². The Bertz CT molecular complexity index is 1140. The SMILES string of the molecule is Cc1ccc(S(C)(=O)=O)cc1C(=O)NC(c1cccc(F)c1)c1nccn1C. The molecule has 0 radical (unpaired) electrons. The summed E-state index contributed by atoms with van der Waals surface area (Å²) < 4.78 is 39.2. The summed E-state index contributed by atoms with van der Waals surface area (Å²) >= 11 is 0. The molecule has 3 rings (SSSR count). The number of carbonyl (C=O) groups is 1. The Morgan fingerprint density at radius 3 is 2.57 bits per heavy atom. The van der Waals surface area contributed by atoms with E-state index < -0.39 is 27.6 Å². The van der Waals surface area contributed by atoms with Crippen molar-refractivity contribution in [3.8, 4) is 0 Å². The van der Waals surface area contributed by atoms with E-state index in [2.05, 4.69) is 10.3 Å². The molecule has 2 aromatic carbocycles. The molecule has 1 aromatic heterocycles. The van der Waals surface area contributed by atoms with Crippen LogP contribution in [-0.4, -0.2) is 30.1 Å². The van der Waals surface area contributed by atoms with Gasteiger partial charge in [-0.05, 0) is 42.3 Å². The molecule has 3 aromatic rings. The molecule has 0 saturated heterocycles. The number of nitrogens with zero attached hydrogens (tertiary/aromatic N) is 2. The van der Waals surface area contributed by atoms with E-state index in [-0.39, 0.29) is 10.5 Å². The van der Waals surface area contributed by atoms with Crippen molar-refractivity contribution in [2.75, 3.05) is 6.26 Å². The van der Waals surface area contributed by atoms with Gasteiger partial charge in [0.15, 0.2) is 9.84 Å².